The molecule has 0 bridgehead atoms. The van der Waals surface area contributed by atoms with E-state index in [2.05, 4.69) is 38.4 Å². The van der Waals surface area contributed by atoms with Crippen LogP contribution in [0.15, 0.2) is 33.2 Å². The van der Waals surface area contributed by atoms with E-state index in [9.17, 15) is 5.11 Å². The first-order valence-electron chi connectivity index (χ1n) is 4.49. The minimum Gasteiger partial charge on any atom is -0.506 e. The number of hydrogen-bond donors (Lipinski definition) is 2. The van der Waals surface area contributed by atoms with Gasteiger partial charge in [0, 0.05) is 16.1 Å². The topological polar surface area (TPSA) is 46.2 Å². The number of halogens is 3. The molecule has 0 heterocycles. The number of phenols is 1. The molecule has 0 unspecified atom stereocenters. The summed E-state index contributed by atoms with van der Waals surface area (Å²) in [4.78, 5) is 0. The fourth-order valence-electron chi connectivity index (χ4n) is 1.35. The molecular formula is C11H14Br2ClNO. The van der Waals surface area contributed by atoms with E-state index in [1.807, 2.05) is 13.0 Å². The van der Waals surface area contributed by atoms with Crippen molar-refractivity contribution in [3.63, 3.8) is 0 Å². The van der Waals surface area contributed by atoms with Gasteiger partial charge in [-0.15, -0.1) is 19.0 Å². The van der Waals surface area contributed by atoms with Crippen molar-refractivity contribution in [2.24, 2.45) is 5.73 Å². The molecule has 1 rings (SSSR count). The van der Waals surface area contributed by atoms with Gasteiger partial charge in [0.1, 0.15) is 5.75 Å². The summed E-state index contributed by atoms with van der Waals surface area (Å²) >= 11 is 6.64. The Hall–Kier alpha value is -0.0300. The van der Waals surface area contributed by atoms with Crippen LogP contribution in [0, 0.1) is 0 Å². The van der Waals surface area contributed by atoms with Gasteiger partial charge < -0.3 is 10.8 Å². The van der Waals surface area contributed by atoms with Crippen LogP contribution in [0.2, 0.25) is 0 Å². The lowest BCUT2D eigenvalue weighted by Gasteiger charge is -2.15. The van der Waals surface area contributed by atoms with Crippen molar-refractivity contribution in [2.45, 2.75) is 19.4 Å². The molecule has 1 aromatic carbocycles. The highest BCUT2D eigenvalue weighted by Crippen LogP contribution is 2.35. The molecule has 0 aliphatic heterocycles. The minimum atomic E-state index is -0.226. The summed E-state index contributed by atoms with van der Waals surface area (Å²) in [5, 5.41) is 9.83. The molecule has 0 saturated heterocycles. The lowest BCUT2D eigenvalue weighted by atomic mass is 10.0. The summed E-state index contributed by atoms with van der Waals surface area (Å²) < 4.78 is 1.53. The maximum Gasteiger partial charge on any atom is 0.134 e. The smallest absolute Gasteiger partial charge is 0.134 e. The van der Waals surface area contributed by atoms with E-state index in [1.165, 1.54) is 0 Å². The van der Waals surface area contributed by atoms with E-state index in [4.69, 9.17) is 5.73 Å². The first-order valence-corrected chi connectivity index (χ1v) is 6.08. The molecule has 0 aliphatic rings. The summed E-state index contributed by atoms with van der Waals surface area (Å²) in [6, 6.07) is 3.39. The zero-order valence-electron chi connectivity index (χ0n) is 8.84. The third kappa shape index (κ3) is 4.09. The Morgan fingerprint density at radius 3 is 2.56 bits per heavy atom. The zero-order chi connectivity index (χ0) is 11.6. The van der Waals surface area contributed by atoms with Crippen molar-refractivity contribution in [1.82, 2.24) is 0 Å². The maximum absolute atomic E-state index is 9.83. The third-order valence-electron chi connectivity index (χ3n) is 2.03. The van der Waals surface area contributed by atoms with Gasteiger partial charge >= 0.3 is 0 Å². The second kappa shape index (κ2) is 6.64. The predicted molar refractivity (Wildman–Crippen MR) is 77.1 cm³/mol. The van der Waals surface area contributed by atoms with Gasteiger partial charge in [-0.2, -0.15) is 0 Å². The summed E-state index contributed by atoms with van der Waals surface area (Å²) in [6.45, 7) is 5.73. The lowest BCUT2D eigenvalue weighted by Crippen LogP contribution is -2.10. The quantitative estimate of drug-likeness (QED) is 0.778. The molecule has 0 aliphatic carbocycles. The van der Waals surface area contributed by atoms with Crippen molar-refractivity contribution in [3.05, 3.63) is 38.8 Å². The molecule has 2 nitrogen and oxygen atoms in total. The minimum absolute atomic E-state index is 0. The van der Waals surface area contributed by atoms with Crippen molar-refractivity contribution < 1.29 is 5.11 Å². The van der Waals surface area contributed by atoms with Crippen LogP contribution in [0.3, 0.4) is 0 Å². The SMILES string of the molecule is C=C(C)C[C@H](N)c1cc(Br)cc(Br)c1O.Cl. The van der Waals surface area contributed by atoms with Crippen LogP contribution in [0.1, 0.15) is 24.9 Å². The molecule has 0 amide bonds. The summed E-state index contributed by atoms with van der Waals surface area (Å²) in [7, 11) is 0. The van der Waals surface area contributed by atoms with Crippen molar-refractivity contribution >= 4 is 44.3 Å². The molecule has 5 heteroatoms. The van der Waals surface area contributed by atoms with Gasteiger partial charge in [0.05, 0.1) is 4.47 Å². The Morgan fingerprint density at radius 1 is 1.50 bits per heavy atom. The molecule has 1 atom stereocenters. The molecule has 0 saturated carbocycles. The van der Waals surface area contributed by atoms with Gasteiger partial charge in [-0.25, -0.2) is 0 Å². The Balaban J connectivity index is 0.00000225. The van der Waals surface area contributed by atoms with Crippen LogP contribution in [0.4, 0.5) is 0 Å². The van der Waals surface area contributed by atoms with Crippen LogP contribution in [0.5, 0.6) is 5.75 Å². The van der Waals surface area contributed by atoms with Gasteiger partial charge in [0.15, 0.2) is 0 Å². The Kier molecular flexibility index (Phi) is 6.63. The largest absolute Gasteiger partial charge is 0.506 e. The fourth-order valence-corrected chi connectivity index (χ4v) is 2.61. The van der Waals surface area contributed by atoms with Gasteiger partial charge in [0.2, 0.25) is 0 Å². The molecule has 0 spiro atoms. The molecular weight excluding hydrogens is 357 g/mol. The van der Waals surface area contributed by atoms with Crippen LogP contribution in [-0.4, -0.2) is 5.11 Å². The van der Waals surface area contributed by atoms with E-state index >= 15 is 0 Å². The molecule has 90 valence electrons. The van der Waals surface area contributed by atoms with Gasteiger partial charge in [-0.3, -0.25) is 0 Å². The van der Waals surface area contributed by atoms with Gasteiger partial charge in [0.25, 0.3) is 0 Å². The Morgan fingerprint density at radius 2 is 2.06 bits per heavy atom. The van der Waals surface area contributed by atoms with Crippen molar-refractivity contribution in [3.8, 4) is 5.75 Å². The van der Waals surface area contributed by atoms with Crippen LogP contribution in [0.25, 0.3) is 0 Å². The van der Waals surface area contributed by atoms with Crippen LogP contribution in [-0.2, 0) is 0 Å². The first kappa shape index (κ1) is 16.0. The Labute approximate surface area is 119 Å². The normalized spacial score (nSPS) is 11.8. The highest BCUT2D eigenvalue weighted by molar-refractivity contribution is 9.11. The van der Waals surface area contributed by atoms with Gasteiger partial charge in [-0.1, -0.05) is 21.5 Å². The van der Waals surface area contributed by atoms with Crippen LogP contribution < -0.4 is 5.73 Å². The van der Waals surface area contributed by atoms with Crippen molar-refractivity contribution in [1.29, 1.82) is 0 Å². The molecule has 16 heavy (non-hydrogen) atoms. The Bertz CT molecular complexity index is 396. The van der Waals surface area contributed by atoms with E-state index < -0.39 is 0 Å². The van der Waals surface area contributed by atoms with E-state index in [-0.39, 0.29) is 24.2 Å². The molecule has 0 radical (unpaired) electrons. The zero-order valence-corrected chi connectivity index (χ0v) is 12.8. The second-order valence-corrected chi connectivity index (χ2v) is 5.36. The average molecular weight is 371 g/mol. The first-order chi connectivity index (χ1) is 6.91. The van der Waals surface area contributed by atoms with Crippen LogP contribution >= 0.6 is 44.3 Å². The summed E-state index contributed by atoms with van der Waals surface area (Å²) in [5.41, 5.74) is 7.69. The maximum atomic E-state index is 9.83. The number of benzene rings is 1. The molecule has 1 aromatic rings. The lowest BCUT2D eigenvalue weighted by molar-refractivity contribution is 0.457. The summed E-state index contributed by atoms with van der Waals surface area (Å²) in [6.07, 6.45) is 0.663. The number of phenolic OH excluding ortho intramolecular Hbond substituents is 1. The van der Waals surface area contributed by atoms with E-state index in [1.54, 1.807) is 6.07 Å². The standard InChI is InChI=1S/C11H13Br2NO.ClH/c1-6(2)3-10(14)8-4-7(12)5-9(13)11(8)15;/h4-5,10,15H,1,3,14H2,2H3;1H/t10-;/m0./s1. The van der Waals surface area contributed by atoms with E-state index in [0.717, 1.165) is 15.6 Å². The second-order valence-electron chi connectivity index (χ2n) is 3.59. The number of rotatable bonds is 3. The highest BCUT2D eigenvalue weighted by atomic mass is 79.9. The van der Waals surface area contributed by atoms with Gasteiger partial charge in [-0.05, 0) is 41.4 Å². The summed E-state index contributed by atoms with van der Waals surface area (Å²) in [5.74, 6) is 0.201. The number of hydrogen-bond acceptors (Lipinski definition) is 2. The van der Waals surface area contributed by atoms with E-state index in [0.29, 0.717) is 10.9 Å². The molecule has 3 N–H and O–H groups in total. The van der Waals surface area contributed by atoms with Crippen molar-refractivity contribution in [2.75, 3.05) is 0 Å². The number of nitrogens with two attached hydrogens (primary N) is 1. The number of aromatic hydroxyl groups is 1. The monoisotopic (exact) mass is 369 g/mol. The third-order valence-corrected chi connectivity index (χ3v) is 3.09. The highest BCUT2D eigenvalue weighted by Gasteiger charge is 2.14. The predicted octanol–water partition coefficient (Wildman–Crippen LogP) is 4.31. The fraction of sp³-hybridized carbons (Fsp3) is 0.273. The molecule has 0 fully saturated rings. The molecule has 0 aromatic heterocycles. The average Bonchev–Trinajstić information content (AvgIpc) is 2.09.